The third-order valence-corrected chi connectivity index (χ3v) is 4.72. The number of anilines is 1. The molecule has 1 saturated heterocycles. The molecule has 2 atom stereocenters. The van der Waals surface area contributed by atoms with E-state index in [0.29, 0.717) is 18.7 Å². The average Bonchev–Trinajstić information content (AvgIpc) is 3.01. The van der Waals surface area contributed by atoms with Gasteiger partial charge in [-0.25, -0.2) is 4.79 Å². The van der Waals surface area contributed by atoms with E-state index < -0.39 is 16.5 Å². The zero-order valence-electron chi connectivity index (χ0n) is 12.1. The summed E-state index contributed by atoms with van der Waals surface area (Å²) in [7, 11) is 0. The van der Waals surface area contributed by atoms with Crippen molar-refractivity contribution in [2.45, 2.75) is 24.8 Å². The second-order valence-corrected chi connectivity index (χ2v) is 6.20. The summed E-state index contributed by atoms with van der Waals surface area (Å²) >= 11 is 5.79. The molecule has 2 fully saturated rings. The lowest BCUT2D eigenvalue weighted by molar-refractivity contribution is -0.383. The van der Waals surface area contributed by atoms with E-state index in [-0.39, 0.29) is 22.5 Å². The summed E-state index contributed by atoms with van der Waals surface area (Å²) in [6, 6.07) is 3.89. The van der Waals surface area contributed by atoms with E-state index in [0.717, 1.165) is 12.8 Å². The molecule has 3 N–H and O–H groups in total. The molecular formula is C14H15ClN4O4. The van der Waals surface area contributed by atoms with E-state index in [4.69, 9.17) is 11.6 Å². The first-order chi connectivity index (χ1) is 10.9. The Balaban J connectivity index is 1.77. The lowest BCUT2D eigenvalue weighted by atomic mass is 9.87. The van der Waals surface area contributed by atoms with Crippen LogP contribution in [0.15, 0.2) is 18.2 Å². The Morgan fingerprint density at radius 2 is 2.22 bits per heavy atom. The molecule has 2 aliphatic rings. The molecule has 1 aliphatic heterocycles. The Bertz CT molecular complexity index is 695. The third-order valence-electron chi connectivity index (χ3n) is 4.48. The number of nitrogens with zero attached hydrogens (tertiary/aromatic N) is 1. The standard InChI is InChI=1S/C14H15ClN4O4/c15-9-3-4-10(11(6-9)19(22)23)16-7-8-2-1-5-14(8)12(20)17-13(21)18-14/h3-4,6,8,16H,1-2,5,7H2,(H2,17,18,20,21). The molecule has 1 saturated carbocycles. The maximum absolute atomic E-state index is 12.1. The van der Waals surface area contributed by atoms with Crippen molar-refractivity contribution in [3.63, 3.8) is 0 Å². The van der Waals surface area contributed by atoms with Crippen LogP contribution >= 0.6 is 11.6 Å². The van der Waals surface area contributed by atoms with Crippen molar-refractivity contribution in [1.82, 2.24) is 10.6 Å². The predicted octanol–water partition coefficient (Wildman–Crippen LogP) is 2.04. The van der Waals surface area contributed by atoms with Crippen molar-refractivity contribution in [3.8, 4) is 0 Å². The second-order valence-electron chi connectivity index (χ2n) is 5.77. The monoisotopic (exact) mass is 338 g/mol. The zero-order chi connectivity index (χ0) is 16.6. The quantitative estimate of drug-likeness (QED) is 0.441. The summed E-state index contributed by atoms with van der Waals surface area (Å²) in [4.78, 5) is 34.1. The Labute approximate surface area is 136 Å². The van der Waals surface area contributed by atoms with Gasteiger partial charge in [-0.2, -0.15) is 0 Å². The van der Waals surface area contributed by atoms with Gasteiger partial charge >= 0.3 is 6.03 Å². The van der Waals surface area contributed by atoms with E-state index in [1.807, 2.05) is 0 Å². The molecule has 0 aromatic heterocycles. The summed E-state index contributed by atoms with van der Waals surface area (Å²) < 4.78 is 0. The van der Waals surface area contributed by atoms with Gasteiger partial charge < -0.3 is 10.6 Å². The lowest BCUT2D eigenvalue weighted by Crippen LogP contribution is -2.51. The first-order valence-electron chi connectivity index (χ1n) is 7.24. The van der Waals surface area contributed by atoms with Crippen LogP contribution in [0.2, 0.25) is 5.02 Å². The van der Waals surface area contributed by atoms with Gasteiger partial charge in [-0.05, 0) is 25.0 Å². The number of hydrogen-bond acceptors (Lipinski definition) is 5. The minimum absolute atomic E-state index is 0.121. The van der Waals surface area contributed by atoms with E-state index in [9.17, 15) is 19.7 Å². The Morgan fingerprint density at radius 3 is 2.87 bits per heavy atom. The highest BCUT2D eigenvalue weighted by atomic mass is 35.5. The van der Waals surface area contributed by atoms with Gasteiger partial charge in [0.2, 0.25) is 0 Å². The van der Waals surface area contributed by atoms with Crippen molar-refractivity contribution in [2.24, 2.45) is 5.92 Å². The van der Waals surface area contributed by atoms with Crippen LogP contribution in [0.4, 0.5) is 16.2 Å². The van der Waals surface area contributed by atoms with Gasteiger partial charge in [0.15, 0.2) is 0 Å². The van der Waals surface area contributed by atoms with Crippen LogP contribution in [0.25, 0.3) is 0 Å². The number of nitro benzene ring substituents is 1. The molecule has 3 rings (SSSR count). The van der Waals surface area contributed by atoms with Crippen molar-refractivity contribution < 1.29 is 14.5 Å². The second kappa shape index (κ2) is 5.69. The van der Waals surface area contributed by atoms with E-state index in [1.54, 1.807) is 6.07 Å². The molecule has 8 nitrogen and oxygen atoms in total. The average molecular weight is 339 g/mol. The molecule has 9 heteroatoms. The summed E-state index contributed by atoms with van der Waals surface area (Å²) in [6.07, 6.45) is 2.13. The van der Waals surface area contributed by atoms with Crippen LogP contribution in [0.5, 0.6) is 0 Å². The van der Waals surface area contributed by atoms with Gasteiger partial charge in [-0.1, -0.05) is 18.0 Å². The number of imide groups is 1. The normalized spacial score (nSPS) is 26.2. The van der Waals surface area contributed by atoms with E-state index >= 15 is 0 Å². The first kappa shape index (κ1) is 15.5. The van der Waals surface area contributed by atoms with Crippen molar-refractivity contribution in [1.29, 1.82) is 0 Å². The molecule has 0 bridgehead atoms. The summed E-state index contributed by atoms with van der Waals surface area (Å²) in [5, 5.41) is 19.4. The molecule has 2 unspecified atom stereocenters. The number of hydrogen-bond donors (Lipinski definition) is 3. The molecule has 1 aliphatic carbocycles. The highest BCUT2D eigenvalue weighted by molar-refractivity contribution is 6.30. The highest BCUT2D eigenvalue weighted by Crippen LogP contribution is 2.38. The van der Waals surface area contributed by atoms with Crippen LogP contribution in [0, 0.1) is 16.0 Å². The van der Waals surface area contributed by atoms with Gasteiger partial charge in [0.1, 0.15) is 11.2 Å². The van der Waals surface area contributed by atoms with Crippen LogP contribution in [-0.2, 0) is 4.79 Å². The summed E-state index contributed by atoms with van der Waals surface area (Å²) in [5.74, 6) is -0.457. The molecular weight excluding hydrogens is 324 g/mol. The number of carbonyl (C=O) groups excluding carboxylic acids is 2. The fourth-order valence-electron chi connectivity index (χ4n) is 3.36. The highest BCUT2D eigenvalue weighted by Gasteiger charge is 2.54. The number of urea groups is 1. The van der Waals surface area contributed by atoms with Crippen molar-refractivity contribution >= 4 is 34.9 Å². The van der Waals surface area contributed by atoms with E-state index in [2.05, 4.69) is 16.0 Å². The maximum Gasteiger partial charge on any atom is 0.322 e. The van der Waals surface area contributed by atoms with Gasteiger partial charge in [0.25, 0.3) is 11.6 Å². The number of nitrogens with one attached hydrogen (secondary N) is 3. The molecule has 1 heterocycles. The lowest BCUT2D eigenvalue weighted by Gasteiger charge is -2.28. The van der Waals surface area contributed by atoms with Crippen LogP contribution < -0.4 is 16.0 Å². The Kier molecular flexibility index (Phi) is 3.85. The molecule has 1 aromatic rings. The first-order valence-corrected chi connectivity index (χ1v) is 7.61. The van der Waals surface area contributed by atoms with E-state index in [1.165, 1.54) is 12.1 Å². The zero-order valence-corrected chi connectivity index (χ0v) is 12.9. The summed E-state index contributed by atoms with van der Waals surface area (Å²) in [5.41, 5.74) is -0.693. The smallest absolute Gasteiger partial charge is 0.322 e. The maximum atomic E-state index is 12.1. The van der Waals surface area contributed by atoms with Gasteiger partial charge in [-0.15, -0.1) is 0 Å². The number of benzene rings is 1. The number of nitro groups is 1. The van der Waals surface area contributed by atoms with Crippen LogP contribution in [0.1, 0.15) is 19.3 Å². The van der Waals surface area contributed by atoms with Gasteiger partial charge in [0, 0.05) is 23.6 Å². The van der Waals surface area contributed by atoms with Crippen molar-refractivity contribution in [3.05, 3.63) is 33.3 Å². The SMILES string of the molecule is O=C1NC(=O)C2(CCCC2CNc2ccc(Cl)cc2[N+](=O)[O-])N1. The number of rotatable bonds is 4. The minimum atomic E-state index is -0.911. The van der Waals surface area contributed by atoms with Gasteiger partial charge in [0.05, 0.1) is 4.92 Å². The molecule has 0 radical (unpaired) electrons. The largest absolute Gasteiger partial charge is 0.379 e. The van der Waals surface area contributed by atoms with Crippen LogP contribution in [-0.4, -0.2) is 28.9 Å². The predicted molar refractivity (Wildman–Crippen MR) is 83.3 cm³/mol. The minimum Gasteiger partial charge on any atom is -0.379 e. The molecule has 1 spiro atoms. The summed E-state index contributed by atoms with van der Waals surface area (Å²) in [6.45, 7) is 0.343. The van der Waals surface area contributed by atoms with Crippen LogP contribution in [0.3, 0.4) is 0 Å². The molecule has 23 heavy (non-hydrogen) atoms. The molecule has 122 valence electrons. The Morgan fingerprint density at radius 1 is 1.43 bits per heavy atom. The Hall–Kier alpha value is -2.35. The fraction of sp³-hybridized carbons (Fsp3) is 0.429. The fourth-order valence-corrected chi connectivity index (χ4v) is 3.53. The molecule has 1 aromatic carbocycles. The topological polar surface area (TPSA) is 113 Å². The van der Waals surface area contributed by atoms with Gasteiger partial charge in [-0.3, -0.25) is 20.2 Å². The number of halogens is 1. The molecule has 3 amide bonds. The van der Waals surface area contributed by atoms with Crippen molar-refractivity contribution in [2.75, 3.05) is 11.9 Å². The number of carbonyl (C=O) groups is 2. The third kappa shape index (κ3) is 2.70. The number of amides is 3.